The molecule has 4 aromatic rings. The van der Waals surface area contributed by atoms with Gasteiger partial charge in [0.2, 0.25) is 11.1 Å². The van der Waals surface area contributed by atoms with Gasteiger partial charge < -0.3 is 5.32 Å². The summed E-state index contributed by atoms with van der Waals surface area (Å²) in [4.78, 5) is 17.1. The van der Waals surface area contributed by atoms with E-state index in [0.717, 1.165) is 29.8 Å². The molecule has 0 unspecified atom stereocenters. The van der Waals surface area contributed by atoms with Gasteiger partial charge in [-0.05, 0) is 31.9 Å². The monoisotopic (exact) mass is 430 g/mol. The average molecular weight is 431 g/mol. The van der Waals surface area contributed by atoms with Gasteiger partial charge in [0.15, 0.2) is 5.82 Å². The van der Waals surface area contributed by atoms with Crippen LogP contribution >= 0.6 is 11.8 Å². The molecule has 0 atom stereocenters. The second-order valence-electron chi connectivity index (χ2n) is 7.65. The van der Waals surface area contributed by atoms with Crippen molar-refractivity contribution < 1.29 is 4.79 Å². The maximum Gasteiger partial charge on any atom is 0.236 e. The fourth-order valence-electron chi connectivity index (χ4n) is 3.29. The van der Waals surface area contributed by atoms with Gasteiger partial charge in [-0.25, -0.2) is 9.67 Å². The first kappa shape index (κ1) is 19.6. The summed E-state index contributed by atoms with van der Waals surface area (Å²) in [5.41, 5.74) is 4.11. The van der Waals surface area contributed by atoms with Crippen LogP contribution in [0.25, 0.3) is 17.1 Å². The standard InChI is InChI=1S/C23H22N6OS/c1-15-7-9-17(10-8-15)22-25-23(27-26-22)31-14-21(30)24-20-13-19(16-11-12-16)28-29(20)18-5-3-2-4-6-18/h2-10,13,16H,11-12,14H2,1H3,(H,24,30)(H,25,26,27). The predicted octanol–water partition coefficient (Wildman–Crippen LogP) is 4.57. The number of nitrogens with zero attached hydrogens (tertiary/aromatic N) is 4. The van der Waals surface area contributed by atoms with Gasteiger partial charge in [0.05, 0.1) is 17.1 Å². The van der Waals surface area contributed by atoms with Crippen LogP contribution in [0.3, 0.4) is 0 Å². The lowest BCUT2D eigenvalue weighted by atomic mass is 10.1. The van der Waals surface area contributed by atoms with E-state index in [9.17, 15) is 4.79 Å². The van der Waals surface area contributed by atoms with Crippen molar-refractivity contribution in [3.05, 3.63) is 71.9 Å². The first-order valence-electron chi connectivity index (χ1n) is 10.2. The maximum atomic E-state index is 12.6. The van der Waals surface area contributed by atoms with Crippen molar-refractivity contribution in [2.24, 2.45) is 0 Å². The van der Waals surface area contributed by atoms with Crippen molar-refractivity contribution in [1.29, 1.82) is 0 Å². The molecule has 1 saturated carbocycles. The number of aryl methyl sites for hydroxylation is 1. The van der Waals surface area contributed by atoms with Gasteiger partial charge in [0.25, 0.3) is 0 Å². The molecule has 1 aliphatic carbocycles. The number of amides is 1. The van der Waals surface area contributed by atoms with E-state index >= 15 is 0 Å². The van der Waals surface area contributed by atoms with Gasteiger partial charge >= 0.3 is 0 Å². The molecule has 2 heterocycles. The van der Waals surface area contributed by atoms with E-state index in [2.05, 4.69) is 20.5 Å². The average Bonchev–Trinajstić information content (AvgIpc) is 3.39. The number of para-hydroxylation sites is 1. The van der Waals surface area contributed by atoms with E-state index in [1.165, 1.54) is 17.3 Å². The van der Waals surface area contributed by atoms with Gasteiger partial charge in [-0.2, -0.15) is 5.10 Å². The minimum atomic E-state index is -0.119. The van der Waals surface area contributed by atoms with Crippen molar-refractivity contribution in [1.82, 2.24) is 25.0 Å². The van der Waals surface area contributed by atoms with Crippen LogP contribution in [0, 0.1) is 6.92 Å². The summed E-state index contributed by atoms with van der Waals surface area (Å²) < 4.78 is 1.80. The number of benzene rings is 2. The van der Waals surface area contributed by atoms with E-state index in [4.69, 9.17) is 5.10 Å². The summed E-state index contributed by atoms with van der Waals surface area (Å²) in [7, 11) is 0. The van der Waals surface area contributed by atoms with Crippen molar-refractivity contribution in [2.45, 2.75) is 30.8 Å². The number of aromatic nitrogens is 5. The van der Waals surface area contributed by atoms with Crippen LogP contribution in [0.2, 0.25) is 0 Å². The number of hydrogen-bond acceptors (Lipinski definition) is 5. The lowest BCUT2D eigenvalue weighted by Gasteiger charge is -2.08. The molecule has 2 N–H and O–H groups in total. The number of carbonyl (C=O) groups excluding carboxylic acids is 1. The minimum Gasteiger partial charge on any atom is -0.310 e. The molecule has 0 spiro atoms. The van der Waals surface area contributed by atoms with Crippen LogP contribution in [0.4, 0.5) is 5.82 Å². The third kappa shape index (κ3) is 4.54. The smallest absolute Gasteiger partial charge is 0.236 e. The van der Waals surface area contributed by atoms with Crippen LogP contribution in [0.1, 0.15) is 30.0 Å². The molecule has 2 aromatic heterocycles. The summed E-state index contributed by atoms with van der Waals surface area (Å²) in [5.74, 6) is 1.98. The molecule has 0 saturated heterocycles. The molecule has 7 nitrogen and oxygen atoms in total. The fraction of sp³-hybridized carbons (Fsp3) is 0.217. The van der Waals surface area contributed by atoms with Gasteiger partial charge in [-0.15, -0.1) is 5.10 Å². The van der Waals surface area contributed by atoms with Crippen molar-refractivity contribution >= 4 is 23.5 Å². The Morgan fingerprint density at radius 3 is 2.68 bits per heavy atom. The Kier molecular flexibility index (Phi) is 5.30. The van der Waals surface area contributed by atoms with Gasteiger partial charge in [-0.3, -0.25) is 9.89 Å². The minimum absolute atomic E-state index is 0.119. The van der Waals surface area contributed by atoms with Crippen molar-refractivity contribution in [3.63, 3.8) is 0 Å². The highest BCUT2D eigenvalue weighted by Gasteiger charge is 2.28. The Balaban J connectivity index is 1.26. The molecule has 5 rings (SSSR count). The molecule has 1 fully saturated rings. The Bertz CT molecular complexity index is 1190. The highest BCUT2D eigenvalue weighted by Crippen LogP contribution is 2.40. The van der Waals surface area contributed by atoms with Crippen LogP contribution < -0.4 is 5.32 Å². The molecule has 0 radical (unpaired) electrons. The summed E-state index contributed by atoms with van der Waals surface area (Å²) in [6.07, 6.45) is 2.31. The second-order valence-corrected chi connectivity index (χ2v) is 8.59. The number of nitrogens with one attached hydrogen (secondary N) is 2. The molecule has 1 aliphatic rings. The van der Waals surface area contributed by atoms with Crippen LogP contribution in [-0.4, -0.2) is 36.6 Å². The lowest BCUT2D eigenvalue weighted by molar-refractivity contribution is -0.113. The van der Waals surface area contributed by atoms with E-state index in [-0.39, 0.29) is 11.7 Å². The highest BCUT2D eigenvalue weighted by molar-refractivity contribution is 7.99. The Hall–Kier alpha value is -3.39. The summed E-state index contributed by atoms with van der Waals surface area (Å²) in [6, 6.07) is 19.9. The molecule has 8 heteroatoms. The van der Waals surface area contributed by atoms with Crippen molar-refractivity contribution in [2.75, 3.05) is 11.1 Å². The zero-order valence-electron chi connectivity index (χ0n) is 17.1. The fourth-order valence-corrected chi connectivity index (χ4v) is 3.89. The number of hydrogen-bond donors (Lipinski definition) is 2. The SMILES string of the molecule is Cc1ccc(-c2nc(SCC(=O)Nc3cc(C4CC4)nn3-c3ccccc3)n[nH]2)cc1. The van der Waals surface area contributed by atoms with E-state index in [0.29, 0.717) is 22.7 Å². The number of thioether (sulfide) groups is 1. The molecule has 156 valence electrons. The summed E-state index contributed by atoms with van der Waals surface area (Å²) in [5, 5.41) is 15.4. The zero-order valence-corrected chi connectivity index (χ0v) is 17.9. The molecule has 1 amide bonds. The van der Waals surface area contributed by atoms with Gasteiger partial charge in [-0.1, -0.05) is 59.8 Å². The number of carbonyl (C=O) groups is 1. The third-order valence-electron chi connectivity index (χ3n) is 5.11. The quantitative estimate of drug-likeness (QED) is 0.419. The number of anilines is 1. The highest BCUT2D eigenvalue weighted by atomic mass is 32.2. The summed E-state index contributed by atoms with van der Waals surface area (Å²) in [6.45, 7) is 2.04. The normalized spacial score (nSPS) is 13.3. The largest absolute Gasteiger partial charge is 0.310 e. The van der Waals surface area contributed by atoms with E-state index in [1.807, 2.05) is 67.6 Å². The van der Waals surface area contributed by atoms with Crippen LogP contribution in [0.15, 0.2) is 65.8 Å². The number of aromatic amines is 1. The molecule has 2 aromatic carbocycles. The van der Waals surface area contributed by atoms with E-state index in [1.54, 1.807) is 4.68 Å². The van der Waals surface area contributed by atoms with Crippen LogP contribution in [-0.2, 0) is 4.79 Å². The first-order valence-corrected chi connectivity index (χ1v) is 11.2. The molecular weight excluding hydrogens is 408 g/mol. The molecule has 0 aliphatic heterocycles. The second kappa shape index (κ2) is 8.39. The summed E-state index contributed by atoms with van der Waals surface area (Å²) >= 11 is 1.30. The molecule has 0 bridgehead atoms. The van der Waals surface area contributed by atoms with Crippen LogP contribution in [0.5, 0.6) is 0 Å². The third-order valence-corrected chi connectivity index (χ3v) is 5.96. The Morgan fingerprint density at radius 1 is 1.16 bits per heavy atom. The Morgan fingerprint density at radius 2 is 1.94 bits per heavy atom. The zero-order chi connectivity index (χ0) is 21.2. The number of rotatable bonds is 7. The molecule has 31 heavy (non-hydrogen) atoms. The maximum absolute atomic E-state index is 12.6. The Labute approximate surface area is 184 Å². The number of H-pyrrole nitrogens is 1. The first-order chi connectivity index (χ1) is 15.2. The predicted molar refractivity (Wildman–Crippen MR) is 121 cm³/mol. The van der Waals surface area contributed by atoms with Gasteiger partial charge in [0, 0.05) is 17.5 Å². The molecular formula is C23H22N6OS. The van der Waals surface area contributed by atoms with Gasteiger partial charge in [0.1, 0.15) is 5.82 Å². The van der Waals surface area contributed by atoms with E-state index < -0.39 is 0 Å². The van der Waals surface area contributed by atoms with Crippen molar-refractivity contribution in [3.8, 4) is 17.1 Å². The lowest BCUT2D eigenvalue weighted by Crippen LogP contribution is -2.17. The topological polar surface area (TPSA) is 88.5 Å².